The Morgan fingerprint density at radius 2 is 1.70 bits per heavy atom. The predicted octanol–water partition coefficient (Wildman–Crippen LogP) is 2.72. The lowest BCUT2D eigenvalue weighted by Crippen LogP contribution is -2.40. The average Bonchev–Trinajstić information content (AvgIpc) is 2.37. The molecule has 2 unspecified atom stereocenters. The molecular formula is C15H21NO4. The van der Waals surface area contributed by atoms with E-state index in [1.165, 1.54) is 0 Å². The minimum atomic E-state index is -1.03. The molecule has 0 aromatic carbocycles. The highest BCUT2D eigenvalue weighted by molar-refractivity contribution is 6.04. The first-order valence-electron chi connectivity index (χ1n) is 7.15. The van der Waals surface area contributed by atoms with Crippen molar-refractivity contribution in [2.75, 3.05) is 0 Å². The number of allylic oxidation sites excluding steroid dienone is 1. The van der Waals surface area contributed by atoms with E-state index in [1.54, 1.807) is 13.8 Å². The van der Waals surface area contributed by atoms with E-state index in [9.17, 15) is 19.8 Å². The predicted molar refractivity (Wildman–Crippen MR) is 74.6 cm³/mol. The summed E-state index contributed by atoms with van der Waals surface area (Å²) in [6, 6.07) is 0. The first kappa shape index (κ1) is 14.8. The lowest BCUT2D eigenvalue weighted by atomic mass is 9.68. The van der Waals surface area contributed by atoms with Crippen LogP contribution in [0.3, 0.4) is 0 Å². The Balaban J connectivity index is 2.46. The summed E-state index contributed by atoms with van der Waals surface area (Å²) in [5, 5.41) is 19.0. The SMILES string of the molecule is CC1=NC(C)=C(C(=O)O)C(C2CCCCC2)C1C(=O)O. The summed E-state index contributed by atoms with van der Waals surface area (Å²) in [6.45, 7) is 3.36. The molecule has 1 heterocycles. The maximum absolute atomic E-state index is 11.6. The second-order valence-corrected chi connectivity index (χ2v) is 5.80. The van der Waals surface area contributed by atoms with Crippen molar-refractivity contribution in [1.29, 1.82) is 0 Å². The highest BCUT2D eigenvalue weighted by Gasteiger charge is 2.44. The Morgan fingerprint density at radius 1 is 1.10 bits per heavy atom. The number of aliphatic carboxylic acids is 2. The first-order valence-corrected chi connectivity index (χ1v) is 7.15. The van der Waals surface area contributed by atoms with Crippen LogP contribution in [0.2, 0.25) is 0 Å². The summed E-state index contributed by atoms with van der Waals surface area (Å²) >= 11 is 0. The Hall–Kier alpha value is -1.65. The molecule has 0 aromatic heterocycles. The van der Waals surface area contributed by atoms with E-state index in [0.29, 0.717) is 11.4 Å². The molecule has 1 fully saturated rings. The van der Waals surface area contributed by atoms with Crippen LogP contribution in [0.1, 0.15) is 46.0 Å². The summed E-state index contributed by atoms with van der Waals surface area (Å²) in [6.07, 6.45) is 5.07. The van der Waals surface area contributed by atoms with Gasteiger partial charge in [-0.05, 0) is 32.6 Å². The Bertz CT molecular complexity index is 486. The molecule has 0 saturated heterocycles. The molecule has 0 bridgehead atoms. The zero-order chi connectivity index (χ0) is 14.9. The molecule has 0 amide bonds. The van der Waals surface area contributed by atoms with E-state index in [1.807, 2.05) is 0 Å². The van der Waals surface area contributed by atoms with E-state index in [4.69, 9.17) is 0 Å². The van der Waals surface area contributed by atoms with Crippen LogP contribution < -0.4 is 0 Å². The number of hydrogen-bond donors (Lipinski definition) is 2. The van der Waals surface area contributed by atoms with Gasteiger partial charge in [0.15, 0.2) is 0 Å². The monoisotopic (exact) mass is 279 g/mol. The lowest BCUT2D eigenvalue weighted by Gasteiger charge is -2.37. The molecule has 1 saturated carbocycles. The van der Waals surface area contributed by atoms with Gasteiger partial charge in [-0.3, -0.25) is 9.79 Å². The van der Waals surface area contributed by atoms with Crippen molar-refractivity contribution in [3.05, 3.63) is 11.3 Å². The number of rotatable bonds is 3. The van der Waals surface area contributed by atoms with Crippen molar-refractivity contribution >= 4 is 17.7 Å². The van der Waals surface area contributed by atoms with E-state index < -0.39 is 23.8 Å². The topological polar surface area (TPSA) is 87.0 Å². The third-order valence-electron chi connectivity index (χ3n) is 4.53. The van der Waals surface area contributed by atoms with Crippen molar-refractivity contribution < 1.29 is 19.8 Å². The first-order chi connectivity index (χ1) is 9.43. The van der Waals surface area contributed by atoms with Crippen LogP contribution in [0, 0.1) is 17.8 Å². The van der Waals surface area contributed by atoms with Crippen molar-refractivity contribution in [2.45, 2.75) is 46.0 Å². The number of carboxylic acid groups (broad SMARTS) is 2. The number of carboxylic acids is 2. The zero-order valence-electron chi connectivity index (χ0n) is 11.9. The Kier molecular flexibility index (Phi) is 4.26. The van der Waals surface area contributed by atoms with E-state index in [-0.39, 0.29) is 11.5 Å². The molecule has 5 nitrogen and oxygen atoms in total. The maximum atomic E-state index is 11.6. The second-order valence-electron chi connectivity index (χ2n) is 5.80. The quantitative estimate of drug-likeness (QED) is 0.831. The van der Waals surface area contributed by atoms with Crippen molar-refractivity contribution in [3.63, 3.8) is 0 Å². The fourth-order valence-electron chi connectivity index (χ4n) is 3.69. The van der Waals surface area contributed by atoms with Crippen molar-refractivity contribution in [2.24, 2.45) is 22.7 Å². The Morgan fingerprint density at radius 3 is 2.20 bits per heavy atom. The highest BCUT2D eigenvalue weighted by atomic mass is 16.4. The molecule has 0 spiro atoms. The fourth-order valence-corrected chi connectivity index (χ4v) is 3.69. The summed E-state index contributed by atoms with van der Waals surface area (Å²) in [4.78, 5) is 27.3. The van der Waals surface area contributed by atoms with Gasteiger partial charge in [-0.2, -0.15) is 0 Å². The smallest absolute Gasteiger partial charge is 0.333 e. The molecule has 2 rings (SSSR count). The Labute approximate surface area is 118 Å². The van der Waals surface area contributed by atoms with Crippen LogP contribution in [0.25, 0.3) is 0 Å². The zero-order valence-corrected chi connectivity index (χ0v) is 11.9. The molecule has 1 aliphatic carbocycles. The van der Waals surface area contributed by atoms with Crippen LogP contribution in [0.4, 0.5) is 0 Å². The van der Waals surface area contributed by atoms with Crippen LogP contribution >= 0.6 is 0 Å². The minimum absolute atomic E-state index is 0.136. The van der Waals surface area contributed by atoms with Gasteiger partial charge in [-0.15, -0.1) is 0 Å². The van der Waals surface area contributed by atoms with E-state index >= 15 is 0 Å². The van der Waals surface area contributed by atoms with Crippen LogP contribution in [-0.2, 0) is 9.59 Å². The molecule has 2 aliphatic rings. The standard InChI is InChI=1S/C15H21NO4/c1-8-11(14(17)18)13(10-6-4-3-5-7-10)12(15(19)20)9(2)16-8/h10-11,13H,3-7H2,1-2H3,(H,17,18)(H,19,20). The molecule has 1 aliphatic heterocycles. The molecule has 5 heteroatoms. The molecule has 0 radical (unpaired) electrons. The van der Waals surface area contributed by atoms with Gasteiger partial charge >= 0.3 is 11.9 Å². The second kappa shape index (κ2) is 5.77. The molecular weight excluding hydrogens is 258 g/mol. The van der Waals surface area contributed by atoms with Gasteiger partial charge in [0.1, 0.15) is 5.92 Å². The van der Waals surface area contributed by atoms with Crippen molar-refractivity contribution in [3.8, 4) is 0 Å². The average molecular weight is 279 g/mol. The highest BCUT2D eigenvalue weighted by Crippen LogP contribution is 2.42. The summed E-state index contributed by atoms with van der Waals surface area (Å²) in [7, 11) is 0. The summed E-state index contributed by atoms with van der Waals surface area (Å²) in [5.74, 6) is -3.10. The van der Waals surface area contributed by atoms with Gasteiger partial charge < -0.3 is 10.2 Å². The summed E-state index contributed by atoms with van der Waals surface area (Å²) < 4.78 is 0. The third kappa shape index (κ3) is 2.62. The van der Waals surface area contributed by atoms with E-state index in [2.05, 4.69) is 4.99 Å². The van der Waals surface area contributed by atoms with Gasteiger partial charge in [0.05, 0.1) is 5.57 Å². The van der Waals surface area contributed by atoms with Gasteiger partial charge in [-0.1, -0.05) is 19.3 Å². The molecule has 110 valence electrons. The van der Waals surface area contributed by atoms with Gasteiger partial charge in [0, 0.05) is 17.3 Å². The molecule has 2 N–H and O–H groups in total. The number of aliphatic imine (C=N–C) groups is 1. The number of nitrogens with zero attached hydrogens (tertiary/aromatic N) is 1. The summed E-state index contributed by atoms with van der Waals surface area (Å²) in [5.41, 5.74) is 1.19. The van der Waals surface area contributed by atoms with Gasteiger partial charge in [0.25, 0.3) is 0 Å². The van der Waals surface area contributed by atoms with Crippen LogP contribution in [-0.4, -0.2) is 27.9 Å². The fraction of sp³-hybridized carbons (Fsp3) is 0.667. The minimum Gasteiger partial charge on any atom is -0.481 e. The third-order valence-corrected chi connectivity index (χ3v) is 4.53. The van der Waals surface area contributed by atoms with Crippen LogP contribution in [0.5, 0.6) is 0 Å². The van der Waals surface area contributed by atoms with Crippen LogP contribution in [0.15, 0.2) is 16.3 Å². The maximum Gasteiger partial charge on any atom is 0.333 e. The number of carbonyl (C=O) groups is 2. The number of hydrogen-bond acceptors (Lipinski definition) is 3. The normalized spacial score (nSPS) is 28.2. The largest absolute Gasteiger partial charge is 0.481 e. The molecule has 2 atom stereocenters. The molecule has 20 heavy (non-hydrogen) atoms. The van der Waals surface area contributed by atoms with Gasteiger partial charge in [0.2, 0.25) is 0 Å². The van der Waals surface area contributed by atoms with E-state index in [0.717, 1.165) is 32.1 Å². The molecule has 0 aromatic rings. The van der Waals surface area contributed by atoms with Crippen molar-refractivity contribution in [1.82, 2.24) is 0 Å². The lowest BCUT2D eigenvalue weighted by molar-refractivity contribution is -0.141. The van der Waals surface area contributed by atoms with Gasteiger partial charge in [-0.25, -0.2) is 4.79 Å².